The van der Waals surface area contributed by atoms with E-state index in [1.165, 1.54) is 60.4 Å². The van der Waals surface area contributed by atoms with Crippen molar-refractivity contribution in [3.63, 3.8) is 0 Å². The number of urea groups is 1. The van der Waals surface area contributed by atoms with Crippen LogP contribution in [0.4, 0.5) is 19.3 Å². The molecule has 1 aliphatic heterocycles. The van der Waals surface area contributed by atoms with Gasteiger partial charge in [0, 0.05) is 42.0 Å². The van der Waals surface area contributed by atoms with E-state index in [0.717, 1.165) is 26.6 Å². The van der Waals surface area contributed by atoms with Crippen LogP contribution in [0.15, 0.2) is 88.8 Å². The van der Waals surface area contributed by atoms with Crippen LogP contribution >= 0.6 is 0 Å². The molecule has 0 saturated carbocycles. The third-order valence-electron chi connectivity index (χ3n) is 7.03. The van der Waals surface area contributed by atoms with Crippen LogP contribution in [-0.4, -0.2) is 35.4 Å². The Morgan fingerprint density at radius 1 is 0.884 bits per heavy atom. The molecule has 218 valence electrons. The lowest BCUT2D eigenvalue weighted by molar-refractivity contribution is -0.115. The monoisotopic (exact) mass is 604 g/mol. The van der Waals surface area contributed by atoms with Crippen molar-refractivity contribution in [2.24, 2.45) is 7.05 Å². The van der Waals surface area contributed by atoms with Crippen LogP contribution in [0.3, 0.4) is 0 Å². The molecule has 43 heavy (non-hydrogen) atoms. The van der Waals surface area contributed by atoms with Crippen LogP contribution < -0.4 is 20.5 Å². The molecule has 1 aliphatic rings. The number of amides is 3. The Labute approximate surface area is 243 Å². The van der Waals surface area contributed by atoms with Gasteiger partial charge in [0.2, 0.25) is 0 Å². The van der Waals surface area contributed by atoms with Crippen molar-refractivity contribution < 1.29 is 31.5 Å². The molecule has 0 spiro atoms. The summed E-state index contributed by atoms with van der Waals surface area (Å²) in [5.41, 5.74) is 0.693. The summed E-state index contributed by atoms with van der Waals surface area (Å²) in [6.07, 6.45) is 2.69. The molecule has 13 heteroatoms. The van der Waals surface area contributed by atoms with E-state index < -0.39 is 39.2 Å². The summed E-state index contributed by atoms with van der Waals surface area (Å²) in [6.45, 7) is 1.60. The van der Waals surface area contributed by atoms with Crippen LogP contribution in [0, 0.1) is 18.6 Å². The molecule has 10 nitrogen and oxygen atoms in total. The molecule has 0 bridgehead atoms. The van der Waals surface area contributed by atoms with Crippen molar-refractivity contribution in [2.45, 2.75) is 11.8 Å². The predicted molar refractivity (Wildman–Crippen MR) is 154 cm³/mol. The number of halogens is 2. The summed E-state index contributed by atoms with van der Waals surface area (Å²) in [7, 11) is -2.77. The molecule has 1 fully saturated rings. The second-order valence-electron chi connectivity index (χ2n) is 9.90. The minimum Gasteiger partial charge on any atom is -0.454 e. The van der Waals surface area contributed by atoms with E-state index in [9.17, 15) is 31.6 Å². The first-order valence-electron chi connectivity index (χ1n) is 12.9. The van der Waals surface area contributed by atoms with Gasteiger partial charge in [-0.25, -0.2) is 30.9 Å². The number of aryl methyl sites for hydroxylation is 2. The Morgan fingerprint density at radius 2 is 1.60 bits per heavy atom. The number of ether oxygens (including phenoxy) is 1. The molecule has 0 unspecified atom stereocenters. The molecule has 0 atom stereocenters. The summed E-state index contributed by atoms with van der Waals surface area (Å²) in [6, 6.07) is 13.9. The molecule has 5 aromatic rings. The summed E-state index contributed by atoms with van der Waals surface area (Å²) < 4.78 is 63.4. The highest BCUT2D eigenvalue weighted by atomic mass is 32.2. The van der Waals surface area contributed by atoms with Gasteiger partial charge in [-0.15, -0.1) is 0 Å². The number of imide groups is 1. The first kappa shape index (κ1) is 27.8. The number of carbonyl (C=O) groups is 2. The van der Waals surface area contributed by atoms with Gasteiger partial charge in [-0.3, -0.25) is 9.59 Å². The lowest BCUT2D eigenvalue weighted by atomic mass is 10.0. The topological polar surface area (TPSA) is 120 Å². The van der Waals surface area contributed by atoms with E-state index in [0.29, 0.717) is 6.07 Å². The standard InChI is InChI=1S/C30H22F2N4O6S/c1-17-3-7-20(8-4-17)43(40,41)35-12-11-21-23(16-34(2)29(38)28(21)35)22-14-19(36-27(37)15-33-30(36)39)6-10-25(22)42-26-9-5-18(31)13-24(26)32/h3-14,16H,15H2,1-2H3,(H,33,39). The van der Waals surface area contributed by atoms with E-state index in [2.05, 4.69) is 5.32 Å². The molecule has 6 rings (SSSR count). The Bertz CT molecular complexity index is 2120. The minimum atomic E-state index is -4.20. The third kappa shape index (κ3) is 4.73. The number of carbonyl (C=O) groups excluding carboxylic acids is 2. The van der Waals surface area contributed by atoms with E-state index in [-0.39, 0.29) is 50.7 Å². The average molecular weight is 605 g/mol. The number of benzene rings is 3. The molecule has 1 N–H and O–H groups in total. The van der Waals surface area contributed by atoms with E-state index in [4.69, 9.17) is 4.74 Å². The normalized spacial score (nSPS) is 13.5. The molecule has 1 saturated heterocycles. The number of anilines is 1. The first-order valence-corrected chi connectivity index (χ1v) is 14.3. The second kappa shape index (κ2) is 10.2. The van der Waals surface area contributed by atoms with Gasteiger partial charge in [-0.1, -0.05) is 17.7 Å². The fraction of sp³-hybridized carbons (Fsp3) is 0.100. The van der Waals surface area contributed by atoms with Gasteiger partial charge in [0.05, 0.1) is 17.1 Å². The van der Waals surface area contributed by atoms with Crippen molar-refractivity contribution in [2.75, 3.05) is 11.4 Å². The van der Waals surface area contributed by atoms with Crippen molar-refractivity contribution >= 4 is 38.6 Å². The highest BCUT2D eigenvalue weighted by molar-refractivity contribution is 7.90. The van der Waals surface area contributed by atoms with Gasteiger partial charge in [0.15, 0.2) is 11.6 Å². The highest BCUT2D eigenvalue weighted by Gasteiger charge is 2.31. The number of fused-ring (bicyclic) bond motifs is 1. The van der Waals surface area contributed by atoms with Crippen molar-refractivity contribution in [3.8, 4) is 22.6 Å². The smallest absolute Gasteiger partial charge is 0.329 e. The van der Waals surface area contributed by atoms with Crippen molar-refractivity contribution in [1.82, 2.24) is 13.9 Å². The van der Waals surface area contributed by atoms with Gasteiger partial charge in [0.1, 0.15) is 17.1 Å². The molecule has 3 heterocycles. The molecule has 2 aromatic heterocycles. The predicted octanol–water partition coefficient (Wildman–Crippen LogP) is 4.68. The van der Waals surface area contributed by atoms with Gasteiger partial charge in [-0.2, -0.15) is 0 Å². The average Bonchev–Trinajstić information content (AvgIpc) is 3.57. The Kier molecular flexibility index (Phi) is 6.61. The Hall–Kier alpha value is -5.30. The van der Waals surface area contributed by atoms with Gasteiger partial charge in [-0.05, 0) is 55.5 Å². The Morgan fingerprint density at radius 3 is 2.28 bits per heavy atom. The van der Waals surface area contributed by atoms with Gasteiger partial charge < -0.3 is 14.6 Å². The fourth-order valence-corrected chi connectivity index (χ4v) is 6.23. The number of nitrogens with zero attached hydrogens (tertiary/aromatic N) is 3. The quantitative estimate of drug-likeness (QED) is 0.281. The first-order chi connectivity index (χ1) is 20.5. The zero-order valence-electron chi connectivity index (χ0n) is 22.7. The summed E-state index contributed by atoms with van der Waals surface area (Å²) >= 11 is 0. The zero-order valence-corrected chi connectivity index (χ0v) is 23.5. The van der Waals surface area contributed by atoms with Crippen LogP contribution in [-0.2, 0) is 21.9 Å². The van der Waals surface area contributed by atoms with Crippen LogP contribution in [0.5, 0.6) is 11.5 Å². The van der Waals surface area contributed by atoms with Crippen LogP contribution in [0.1, 0.15) is 5.56 Å². The van der Waals surface area contributed by atoms with Crippen molar-refractivity contribution in [1.29, 1.82) is 0 Å². The number of hydrogen-bond acceptors (Lipinski definition) is 6. The molecular formula is C30H22F2N4O6S. The molecule has 0 aliphatic carbocycles. The lowest BCUT2D eigenvalue weighted by Crippen LogP contribution is -2.30. The number of nitrogens with one attached hydrogen (secondary N) is 1. The van der Waals surface area contributed by atoms with Gasteiger partial charge >= 0.3 is 6.03 Å². The number of aromatic nitrogens is 2. The number of rotatable bonds is 6. The van der Waals surface area contributed by atoms with Crippen LogP contribution in [0.2, 0.25) is 0 Å². The summed E-state index contributed by atoms with van der Waals surface area (Å²) in [5, 5.41) is 2.64. The third-order valence-corrected chi connectivity index (χ3v) is 8.72. The Balaban J connectivity index is 1.59. The van der Waals surface area contributed by atoms with Crippen molar-refractivity contribution in [3.05, 3.63) is 107 Å². The van der Waals surface area contributed by atoms with Crippen LogP contribution in [0.25, 0.3) is 22.0 Å². The highest BCUT2D eigenvalue weighted by Crippen LogP contribution is 2.40. The summed E-state index contributed by atoms with van der Waals surface area (Å²) in [5.74, 6) is -2.60. The van der Waals surface area contributed by atoms with Gasteiger partial charge in [0.25, 0.3) is 21.5 Å². The zero-order chi connectivity index (χ0) is 30.6. The largest absolute Gasteiger partial charge is 0.454 e. The van der Waals surface area contributed by atoms with E-state index in [1.807, 2.05) is 6.92 Å². The van der Waals surface area contributed by atoms with E-state index >= 15 is 0 Å². The second-order valence-corrected chi connectivity index (χ2v) is 11.7. The molecule has 3 amide bonds. The lowest BCUT2D eigenvalue weighted by Gasteiger charge is -2.18. The number of hydrogen-bond donors (Lipinski definition) is 1. The van der Waals surface area contributed by atoms with E-state index in [1.54, 1.807) is 12.1 Å². The molecule has 0 radical (unpaired) electrons. The fourth-order valence-electron chi connectivity index (χ4n) is 4.89. The minimum absolute atomic E-state index is 0.0235. The molecular weight excluding hydrogens is 582 g/mol. The summed E-state index contributed by atoms with van der Waals surface area (Å²) in [4.78, 5) is 39.2. The maximum absolute atomic E-state index is 14.6. The maximum Gasteiger partial charge on any atom is 0.329 e. The maximum atomic E-state index is 14.6. The molecule has 3 aromatic carbocycles. The SMILES string of the molecule is Cc1ccc(S(=O)(=O)n2ccc3c(-c4cc(N5C(=O)CNC5=O)ccc4Oc4ccc(F)cc4F)cn(C)c(=O)c32)cc1. The number of pyridine rings is 1.